The average Bonchev–Trinajstić information content (AvgIpc) is 2.62. The van der Waals surface area contributed by atoms with Crippen LogP contribution in [-0.2, 0) is 10.0 Å². The number of rotatable bonds is 5. The van der Waals surface area contributed by atoms with Gasteiger partial charge in [0, 0.05) is 5.69 Å². The largest absolute Gasteiger partial charge is 0.322 e. The van der Waals surface area contributed by atoms with Crippen LogP contribution in [0.5, 0.6) is 0 Å². The highest BCUT2D eigenvalue weighted by atomic mass is 32.2. The molecule has 3 aromatic rings. The second-order valence-electron chi connectivity index (χ2n) is 5.57. The van der Waals surface area contributed by atoms with E-state index >= 15 is 0 Å². The molecule has 0 bridgehead atoms. The zero-order chi connectivity index (χ0) is 19.4. The van der Waals surface area contributed by atoms with Crippen LogP contribution in [0.4, 0.5) is 20.2 Å². The first-order valence-electron chi connectivity index (χ1n) is 7.79. The standard InChI is InChI=1S/C19H14F2N2O3S/c20-13-8-10-16(11-9-13)27(25,26)23-18-7-2-1-6-17(18)19(24)22-15-5-3-4-14(21)12-15/h1-12,23H,(H,22,24). The van der Waals surface area contributed by atoms with Crippen molar-refractivity contribution < 1.29 is 22.0 Å². The Morgan fingerprint density at radius 1 is 0.815 bits per heavy atom. The molecule has 0 aliphatic heterocycles. The molecule has 138 valence electrons. The lowest BCUT2D eigenvalue weighted by Crippen LogP contribution is -2.18. The molecule has 27 heavy (non-hydrogen) atoms. The van der Waals surface area contributed by atoms with Crippen molar-refractivity contribution in [3.05, 3.63) is 90.0 Å². The molecule has 0 saturated carbocycles. The summed E-state index contributed by atoms with van der Waals surface area (Å²) >= 11 is 0. The molecule has 0 aromatic heterocycles. The van der Waals surface area contributed by atoms with Crippen LogP contribution in [0.2, 0.25) is 0 Å². The first-order valence-corrected chi connectivity index (χ1v) is 9.28. The van der Waals surface area contributed by atoms with E-state index in [4.69, 9.17) is 0 Å². The molecule has 8 heteroatoms. The van der Waals surface area contributed by atoms with Crippen LogP contribution in [0.15, 0.2) is 77.7 Å². The fourth-order valence-electron chi connectivity index (χ4n) is 2.35. The summed E-state index contributed by atoms with van der Waals surface area (Å²) in [6.07, 6.45) is 0. The molecule has 0 fully saturated rings. The molecule has 5 nitrogen and oxygen atoms in total. The monoisotopic (exact) mass is 388 g/mol. The Bertz CT molecular complexity index is 1080. The van der Waals surface area contributed by atoms with Crippen LogP contribution < -0.4 is 10.0 Å². The predicted molar refractivity (Wildman–Crippen MR) is 98.0 cm³/mol. The van der Waals surface area contributed by atoms with E-state index < -0.39 is 27.6 Å². The molecule has 0 atom stereocenters. The van der Waals surface area contributed by atoms with E-state index in [0.717, 1.165) is 30.3 Å². The van der Waals surface area contributed by atoms with Crippen molar-refractivity contribution in [2.45, 2.75) is 4.90 Å². The van der Waals surface area contributed by atoms with Crippen LogP contribution in [0, 0.1) is 11.6 Å². The second-order valence-corrected chi connectivity index (χ2v) is 7.25. The van der Waals surface area contributed by atoms with Crippen molar-refractivity contribution in [2.75, 3.05) is 10.0 Å². The first kappa shape index (κ1) is 18.5. The minimum absolute atomic E-state index is 0.0377. The molecule has 0 saturated heterocycles. The van der Waals surface area contributed by atoms with Crippen LogP contribution >= 0.6 is 0 Å². The zero-order valence-corrected chi connectivity index (χ0v) is 14.6. The van der Waals surface area contributed by atoms with Gasteiger partial charge in [0.1, 0.15) is 11.6 Å². The van der Waals surface area contributed by atoms with Crippen molar-refractivity contribution in [1.29, 1.82) is 0 Å². The number of benzene rings is 3. The number of carbonyl (C=O) groups is 1. The van der Waals surface area contributed by atoms with Gasteiger partial charge in [-0.3, -0.25) is 9.52 Å². The number of amides is 1. The third-order valence-corrected chi connectivity index (χ3v) is 5.00. The lowest BCUT2D eigenvalue weighted by Gasteiger charge is -2.13. The molecule has 0 heterocycles. The highest BCUT2D eigenvalue weighted by molar-refractivity contribution is 7.92. The maximum absolute atomic E-state index is 13.3. The van der Waals surface area contributed by atoms with Gasteiger partial charge in [-0.05, 0) is 54.6 Å². The van der Waals surface area contributed by atoms with Crippen molar-refractivity contribution in [3.8, 4) is 0 Å². The highest BCUT2D eigenvalue weighted by Gasteiger charge is 2.19. The van der Waals surface area contributed by atoms with Crippen molar-refractivity contribution in [2.24, 2.45) is 0 Å². The van der Waals surface area contributed by atoms with Crippen LogP contribution in [-0.4, -0.2) is 14.3 Å². The number of hydrogen-bond donors (Lipinski definition) is 2. The molecule has 0 aliphatic rings. The summed E-state index contributed by atoms with van der Waals surface area (Å²) in [5.41, 5.74) is 0.319. The Morgan fingerprint density at radius 2 is 1.52 bits per heavy atom. The minimum atomic E-state index is -4.02. The Labute approximate surface area is 154 Å². The van der Waals surface area contributed by atoms with E-state index in [0.29, 0.717) is 0 Å². The summed E-state index contributed by atoms with van der Waals surface area (Å²) in [5, 5.41) is 2.51. The Balaban J connectivity index is 1.87. The molecule has 1 amide bonds. The summed E-state index contributed by atoms with van der Waals surface area (Å²) in [4.78, 5) is 12.3. The lowest BCUT2D eigenvalue weighted by molar-refractivity contribution is 0.102. The molecule has 0 radical (unpaired) electrons. The van der Waals surface area contributed by atoms with Gasteiger partial charge in [-0.25, -0.2) is 17.2 Å². The van der Waals surface area contributed by atoms with E-state index in [1.54, 1.807) is 12.1 Å². The predicted octanol–water partition coefficient (Wildman–Crippen LogP) is 4.02. The normalized spacial score (nSPS) is 11.0. The molecule has 0 aliphatic carbocycles. The molecular weight excluding hydrogens is 374 g/mol. The number of carbonyl (C=O) groups excluding carboxylic acids is 1. The van der Waals surface area contributed by atoms with Gasteiger partial charge in [0.05, 0.1) is 16.1 Å². The lowest BCUT2D eigenvalue weighted by atomic mass is 10.1. The molecule has 3 rings (SSSR count). The second kappa shape index (κ2) is 7.55. The van der Waals surface area contributed by atoms with Gasteiger partial charge in [-0.2, -0.15) is 0 Å². The Kier molecular flexibility index (Phi) is 5.18. The number of para-hydroxylation sites is 1. The van der Waals surface area contributed by atoms with Crippen LogP contribution in [0.25, 0.3) is 0 Å². The average molecular weight is 388 g/mol. The van der Waals surface area contributed by atoms with Crippen LogP contribution in [0.1, 0.15) is 10.4 Å². The van der Waals surface area contributed by atoms with Crippen molar-refractivity contribution in [3.63, 3.8) is 0 Å². The smallest absolute Gasteiger partial charge is 0.261 e. The number of hydrogen-bond acceptors (Lipinski definition) is 3. The van der Waals surface area contributed by atoms with Gasteiger partial charge in [-0.1, -0.05) is 18.2 Å². The number of nitrogens with one attached hydrogen (secondary N) is 2. The Hall–Kier alpha value is -3.26. The van der Waals surface area contributed by atoms with E-state index in [-0.39, 0.29) is 21.8 Å². The van der Waals surface area contributed by atoms with E-state index in [2.05, 4.69) is 10.0 Å². The molecule has 2 N–H and O–H groups in total. The van der Waals surface area contributed by atoms with Gasteiger partial charge in [0.2, 0.25) is 0 Å². The summed E-state index contributed by atoms with van der Waals surface area (Å²) in [6.45, 7) is 0. The minimum Gasteiger partial charge on any atom is -0.322 e. The maximum Gasteiger partial charge on any atom is 0.261 e. The van der Waals surface area contributed by atoms with Gasteiger partial charge >= 0.3 is 0 Å². The number of sulfonamides is 1. The number of halogens is 2. The van der Waals surface area contributed by atoms with Crippen molar-refractivity contribution >= 4 is 27.3 Å². The molecule has 0 unspecified atom stereocenters. The highest BCUT2D eigenvalue weighted by Crippen LogP contribution is 2.22. The fourth-order valence-corrected chi connectivity index (χ4v) is 3.43. The molecule has 3 aromatic carbocycles. The molecule has 0 spiro atoms. The maximum atomic E-state index is 13.3. The third-order valence-electron chi connectivity index (χ3n) is 3.62. The molecular formula is C19H14F2N2O3S. The number of anilines is 2. The van der Waals surface area contributed by atoms with Gasteiger partial charge in [-0.15, -0.1) is 0 Å². The first-order chi connectivity index (χ1) is 12.8. The summed E-state index contributed by atoms with van der Waals surface area (Å²) in [5.74, 6) is -1.69. The van der Waals surface area contributed by atoms with E-state index in [1.165, 1.54) is 30.3 Å². The third kappa shape index (κ3) is 4.48. The van der Waals surface area contributed by atoms with E-state index in [9.17, 15) is 22.0 Å². The SMILES string of the molecule is O=C(Nc1cccc(F)c1)c1ccccc1NS(=O)(=O)c1ccc(F)cc1. The summed E-state index contributed by atoms with van der Waals surface area (Å²) in [7, 11) is -4.02. The van der Waals surface area contributed by atoms with Gasteiger partial charge in [0.25, 0.3) is 15.9 Å². The zero-order valence-electron chi connectivity index (χ0n) is 13.8. The Morgan fingerprint density at radius 3 is 2.22 bits per heavy atom. The fraction of sp³-hybridized carbons (Fsp3) is 0. The summed E-state index contributed by atoms with van der Waals surface area (Å²) < 4.78 is 53.5. The van der Waals surface area contributed by atoms with Crippen molar-refractivity contribution in [1.82, 2.24) is 0 Å². The summed E-state index contributed by atoms with van der Waals surface area (Å²) in [6, 6.07) is 15.6. The van der Waals surface area contributed by atoms with E-state index in [1.807, 2.05) is 0 Å². The van der Waals surface area contributed by atoms with Crippen LogP contribution in [0.3, 0.4) is 0 Å². The van der Waals surface area contributed by atoms with Gasteiger partial charge in [0.15, 0.2) is 0 Å². The quantitative estimate of drug-likeness (QED) is 0.693. The topological polar surface area (TPSA) is 75.3 Å². The van der Waals surface area contributed by atoms with Gasteiger partial charge < -0.3 is 5.32 Å².